The van der Waals surface area contributed by atoms with Gasteiger partial charge in [0.2, 0.25) is 0 Å². The zero-order valence-corrected chi connectivity index (χ0v) is 24.7. The van der Waals surface area contributed by atoms with Gasteiger partial charge >= 0.3 is 0 Å². The summed E-state index contributed by atoms with van der Waals surface area (Å²) in [6.07, 6.45) is 15.6. The minimum absolute atomic E-state index is 0.115. The zero-order valence-electron chi connectivity index (χ0n) is 24.7. The molecule has 4 heteroatoms. The summed E-state index contributed by atoms with van der Waals surface area (Å²) < 4.78 is 59.9. The standard InChI is InChI=1S/C37H44F4/c1-3-5-6-8-24-9-11-25(12-10-24)13-14-26-15-17-27(18-16-26)19-20-29-22-31-23-30-21-28(7-4-2)34(38)36(40)32(30)33(31)37(41)35(29)39/h15-18,21-22,24-25H,3-14,19-20,23H2,1-2H3. The zero-order chi connectivity index (χ0) is 28.9. The SMILES string of the molecule is CCCCCC1CCC(CCc2ccc(CCc3cc4c(c(F)c3F)-c3c(cc(CCC)c(F)c3F)C4)cc2)CC1. The number of fused-ring (bicyclic) bond motifs is 3. The van der Waals surface area contributed by atoms with Crippen molar-refractivity contribution in [1.29, 1.82) is 0 Å². The molecule has 0 unspecified atom stereocenters. The van der Waals surface area contributed by atoms with Crippen LogP contribution < -0.4 is 0 Å². The van der Waals surface area contributed by atoms with Gasteiger partial charge in [0.25, 0.3) is 0 Å². The van der Waals surface area contributed by atoms with Gasteiger partial charge in [0, 0.05) is 11.1 Å². The molecule has 0 heterocycles. The van der Waals surface area contributed by atoms with Crippen LogP contribution in [0.1, 0.15) is 111 Å². The summed E-state index contributed by atoms with van der Waals surface area (Å²) in [5, 5.41) is 0. The van der Waals surface area contributed by atoms with E-state index in [1.807, 2.05) is 6.92 Å². The summed E-state index contributed by atoms with van der Waals surface area (Å²) in [4.78, 5) is 0. The van der Waals surface area contributed by atoms with Crippen LogP contribution in [0.15, 0.2) is 36.4 Å². The lowest BCUT2D eigenvalue weighted by atomic mass is 9.78. The van der Waals surface area contributed by atoms with E-state index in [0.29, 0.717) is 42.4 Å². The van der Waals surface area contributed by atoms with Crippen molar-refractivity contribution in [2.45, 2.75) is 110 Å². The highest BCUT2D eigenvalue weighted by atomic mass is 19.2. The second-order valence-corrected chi connectivity index (χ2v) is 12.6. The third-order valence-electron chi connectivity index (χ3n) is 9.61. The van der Waals surface area contributed by atoms with Gasteiger partial charge in [0.05, 0.1) is 0 Å². The fourth-order valence-electron chi connectivity index (χ4n) is 7.15. The highest BCUT2D eigenvalue weighted by Crippen LogP contribution is 2.43. The van der Waals surface area contributed by atoms with E-state index >= 15 is 8.78 Å². The molecule has 41 heavy (non-hydrogen) atoms. The Morgan fingerprint density at radius 2 is 1.07 bits per heavy atom. The Hall–Kier alpha value is -2.62. The van der Waals surface area contributed by atoms with Gasteiger partial charge in [-0.3, -0.25) is 0 Å². The van der Waals surface area contributed by atoms with E-state index in [9.17, 15) is 8.78 Å². The lowest BCUT2D eigenvalue weighted by Crippen LogP contribution is -2.15. The van der Waals surface area contributed by atoms with Crippen molar-refractivity contribution in [1.82, 2.24) is 0 Å². The van der Waals surface area contributed by atoms with Crippen LogP contribution in [-0.4, -0.2) is 0 Å². The Morgan fingerprint density at radius 1 is 0.561 bits per heavy atom. The largest absolute Gasteiger partial charge is 0.203 e. The summed E-state index contributed by atoms with van der Waals surface area (Å²) in [5.41, 5.74) is 3.85. The molecule has 0 atom stereocenters. The van der Waals surface area contributed by atoms with Gasteiger partial charge in [-0.1, -0.05) is 108 Å². The van der Waals surface area contributed by atoms with E-state index in [0.717, 1.165) is 23.8 Å². The number of hydrogen-bond acceptors (Lipinski definition) is 0. The van der Waals surface area contributed by atoms with Crippen LogP contribution >= 0.6 is 0 Å². The molecule has 0 radical (unpaired) electrons. The molecule has 5 rings (SSSR count). The Labute approximate surface area is 243 Å². The number of unbranched alkanes of at least 4 members (excludes halogenated alkanes) is 2. The van der Waals surface area contributed by atoms with Gasteiger partial charge in [-0.15, -0.1) is 0 Å². The average molecular weight is 565 g/mol. The minimum atomic E-state index is -1.07. The molecule has 0 nitrogen and oxygen atoms in total. The number of benzene rings is 3. The quantitative estimate of drug-likeness (QED) is 0.119. The summed E-state index contributed by atoms with van der Waals surface area (Å²) in [5.74, 6) is -2.25. The molecule has 1 saturated carbocycles. The van der Waals surface area contributed by atoms with Crippen molar-refractivity contribution in [3.63, 3.8) is 0 Å². The summed E-state index contributed by atoms with van der Waals surface area (Å²) in [7, 11) is 0. The van der Waals surface area contributed by atoms with Crippen molar-refractivity contribution in [2.75, 3.05) is 0 Å². The molecule has 0 spiro atoms. The summed E-state index contributed by atoms with van der Waals surface area (Å²) >= 11 is 0. The minimum Gasteiger partial charge on any atom is -0.203 e. The van der Waals surface area contributed by atoms with Crippen LogP contribution in [0.4, 0.5) is 17.6 Å². The molecule has 1 fully saturated rings. The molecule has 2 aliphatic rings. The van der Waals surface area contributed by atoms with E-state index in [4.69, 9.17) is 0 Å². The van der Waals surface area contributed by atoms with Crippen molar-refractivity contribution in [3.8, 4) is 11.1 Å². The third kappa shape index (κ3) is 6.73. The molecule has 0 N–H and O–H groups in total. The molecule has 3 aromatic rings. The Bertz CT molecular complexity index is 1330. The predicted octanol–water partition coefficient (Wildman–Crippen LogP) is 10.9. The highest BCUT2D eigenvalue weighted by molar-refractivity contribution is 5.79. The van der Waals surface area contributed by atoms with Gasteiger partial charge in [-0.25, -0.2) is 17.6 Å². The van der Waals surface area contributed by atoms with Crippen molar-refractivity contribution >= 4 is 0 Å². The van der Waals surface area contributed by atoms with Gasteiger partial charge < -0.3 is 0 Å². The van der Waals surface area contributed by atoms with Crippen molar-refractivity contribution in [2.24, 2.45) is 11.8 Å². The predicted molar refractivity (Wildman–Crippen MR) is 160 cm³/mol. The van der Waals surface area contributed by atoms with Crippen LogP contribution in [0.5, 0.6) is 0 Å². The Balaban J connectivity index is 1.17. The van der Waals surface area contributed by atoms with Gasteiger partial charge in [0.1, 0.15) is 0 Å². The molecule has 0 amide bonds. The Morgan fingerprint density at radius 3 is 1.61 bits per heavy atom. The molecular formula is C37H44F4. The molecule has 0 bridgehead atoms. The second-order valence-electron chi connectivity index (χ2n) is 12.6. The van der Waals surface area contributed by atoms with Crippen LogP contribution in [0, 0.1) is 35.1 Å². The number of aryl methyl sites for hydroxylation is 4. The van der Waals surface area contributed by atoms with Gasteiger partial charge in [-0.2, -0.15) is 0 Å². The fraction of sp³-hybridized carbons (Fsp3) is 0.514. The smallest absolute Gasteiger partial charge is 0.167 e. The Kier molecular flexibility index (Phi) is 9.88. The molecule has 220 valence electrons. The van der Waals surface area contributed by atoms with Crippen molar-refractivity contribution < 1.29 is 17.6 Å². The van der Waals surface area contributed by atoms with Crippen molar-refractivity contribution in [3.05, 3.63) is 93.0 Å². The van der Waals surface area contributed by atoms with Gasteiger partial charge in [0.15, 0.2) is 23.3 Å². The summed E-state index contributed by atoms with van der Waals surface area (Å²) in [6.45, 7) is 4.17. The summed E-state index contributed by atoms with van der Waals surface area (Å²) in [6, 6.07) is 11.8. The highest BCUT2D eigenvalue weighted by Gasteiger charge is 2.31. The molecule has 0 aliphatic heterocycles. The molecule has 3 aromatic carbocycles. The lowest BCUT2D eigenvalue weighted by Gasteiger charge is -2.28. The third-order valence-corrected chi connectivity index (χ3v) is 9.61. The normalized spacial score (nSPS) is 18.0. The molecular weight excluding hydrogens is 520 g/mol. The first-order chi connectivity index (χ1) is 19.9. The number of halogens is 4. The number of hydrogen-bond donors (Lipinski definition) is 0. The topological polar surface area (TPSA) is 0 Å². The molecule has 0 saturated heterocycles. The molecule has 2 aliphatic carbocycles. The number of rotatable bonds is 12. The first-order valence-corrected chi connectivity index (χ1v) is 16.0. The molecule has 0 aromatic heterocycles. The maximum absolute atomic E-state index is 15.2. The maximum Gasteiger partial charge on any atom is 0.167 e. The first-order valence-electron chi connectivity index (χ1n) is 16.0. The van der Waals surface area contributed by atoms with E-state index < -0.39 is 23.3 Å². The van der Waals surface area contributed by atoms with Crippen LogP contribution in [0.25, 0.3) is 11.1 Å². The average Bonchev–Trinajstić information content (AvgIpc) is 3.35. The van der Waals surface area contributed by atoms with E-state index in [1.165, 1.54) is 63.4 Å². The van der Waals surface area contributed by atoms with Gasteiger partial charge in [-0.05, 0) is 83.7 Å². The van der Waals surface area contributed by atoms with E-state index in [2.05, 4.69) is 31.2 Å². The maximum atomic E-state index is 15.2. The van der Waals surface area contributed by atoms with Crippen LogP contribution in [0.3, 0.4) is 0 Å². The second kappa shape index (κ2) is 13.6. The lowest BCUT2D eigenvalue weighted by molar-refractivity contribution is 0.249. The van der Waals surface area contributed by atoms with Crippen LogP contribution in [-0.2, 0) is 32.1 Å². The monoisotopic (exact) mass is 564 g/mol. The first kappa shape index (κ1) is 29.9. The fourth-order valence-corrected chi connectivity index (χ4v) is 7.15. The van der Waals surface area contributed by atoms with E-state index in [1.54, 1.807) is 12.1 Å². The van der Waals surface area contributed by atoms with Crippen LogP contribution in [0.2, 0.25) is 0 Å². The van der Waals surface area contributed by atoms with E-state index in [-0.39, 0.29) is 23.1 Å².